The summed E-state index contributed by atoms with van der Waals surface area (Å²) in [4.78, 5) is 28.7. The number of benzene rings is 3. The van der Waals surface area contributed by atoms with Gasteiger partial charge in [0.2, 0.25) is 5.76 Å². The monoisotopic (exact) mass is 517 g/mol. The first-order valence-electron chi connectivity index (χ1n) is 12.5. The smallest absolute Gasteiger partial charge is 0.290 e. The molecule has 5 rings (SSSR count). The van der Waals surface area contributed by atoms with E-state index < -0.39 is 23.2 Å². The Balaban J connectivity index is 1.58. The van der Waals surface area contributed by atoms with Crippen LogP contribution in [0, 0.1) is 5.82 Å². The maximum atomic E-state index is 14.0. The molecule has 7 nitrogen and oxygen atoms in total. The summed E-state index contributed by atoms with van der Waals surface area (Å²) in [6.45, 7) is 3.40. The van der Waals surface area contributed by atoms with Gasteiger partial charge in [0.25, 0.3) is 5.91 Å². The molecule has 3 aromatic carbocycles. The first-order valence-corrected chi connectivity index (χ1v) is 12.5. The second kappa shape index (κ2) is 11.1. The van der Waals surface area contributed by atoms with Gasteiger partial charge < -0.3 is 23.5 Å². The Morgan fingerprint density at radius 1 is 0.974 bits per heavy atom. The summed E-state index contributed by atoms with van der Waals surface area (Å²) in [6.07, 6.45) is 0.561. The van der Waals surface area contributed by atoms with Crippen LogP contribution in [-0.2, 0) is 11.3 Å². The molecule has 196 valence electrons. The fourth-order valence-electron chi connectivity index (χ4n) is 4.77. The van der Waals surface area contributed by atoms with Crippen molar-refractivity contribution >= 4 is 16.9 Å². The Bertz CT molecular complexity index is 1520. The molecule has 0 N–H and O–H groups in total. The average Bonchev–Trinajstić information content (AvgIpc) is 3.21. The number of ether oxygens (including phenoxy) is 3. The molecule has 38 heavy (non-hydrogen) atoms. The van der Waals surface area contributed by atoms with E-state index in [4.69, 9.17) is 18.6 Å². The number of carbonyl (C=O) groups excluding carboxylic acids is 1. The maximum Gasteiger partial charge on any atom is 0.290 e. The van der Waals surface area contributed by atoms with Crippen LogP contribution in [0.2, 0.25) is 0 Å². The predicted octanol–water partition coefficient (Wildman–Crippen LogP) is 5.49. The van der Waals surface area contributed by atoms with Gasteiger partial charge in [-0.3, -0.25) is 9.59 Å². The second-order valence-corrected chi connectivity index (χ2v) is 8.98. The predicted molar refractivity (Wildman–Crippen MR) is 140 cm³/mol. The van der Waals surface area contributed by atoms with Crippen molar-refractivity contribution in [2.45, 2.75) is 26.0 Å². The van der Waals surface area contributed by atoms with E-state index in [9.17, 15) is 14.0 Å². The van der Waals surface area contributed by atoms with Crippen LogP contribution in [0.5, 0.6) is 11.5 Å². The van der Waals surface area contributed by atoms with E-state index in [1.165, 1.54) is 12.1 Å². The number of carbonyl (C=O) groups is 1. The molecule has 1 unspecified atom stereocenters. The SMILES string of the molecule is CCOc1cc(C2c3c(oc4ccc(F)cc4c3=O)C(=O)N2CCCOC)ccc1OCc1ccccc1. The summed E-state index contributed by atoms with van der Waals surface area (Å²) in [5.41, 5.74) is 1.59. The van der Waals surface area contributed by atoms with Gasteiger partial charge in [-0.25, -0.2) is 4.39 Å². The molecule has 1 aliphatic rings. The van der Waals surface area contributed by atoms with E-state index in [1.54, 1.807) is 24.1 Å². The minimum atomic E-state index is -0.736. The summed E-state index contributed by atoms with van der Waals surface area (Å²) in [7, 11) is 1.59. The van der Waals surface area contributed by atoms with E-state index in [-0.39, 0.29) is 22.3 Å². The van der Waals surface area contributed by atoms with Crippen LogP contribution in [0.1, 0.15) is 46.6 Å². The Hall–Kier alpha value is -4.17. The summed E-state index contributed by atoms with van der Waals surface area (Å²) in [6, 6.07) is 18.1. The number of fused-ring (bicyclic) bond motifs is 2. The normalized spacial score (nSPS) is 14.7. The lowest BCUT2D eigenvalue weighted by molar-refractivity contribution is 0.0707. The molecule has 1 atom stereocenters. The Morgan fingerprint density at radius 3 is 2.55 bits per heavy atom. The highest BCUT2D eigenvalue weighted by atomic mass is 19.1. The third-order valence-corrected chi connectivity index (χ3v) is 6.50. The summed E-state index contributed by atoms with van der Waals surface area (Å²) in [5.74, 6) is 0.0595. The van der Waals surface area contributed by atoms with Crippen LogP contribution in [-0.4, -0.2) is 37.7 Å². The Morgan fingerprint density at radius 2 is 1.79 bits per heavy atom. The molecule has 4 aromatic rings. The molecule has 0 radical (unpaired) electrons. The number of halogens is 1. The topological polar surface area (TPSA) is 78.2 Å². The van der Waals surface area contributed by atoms with Gasteiger partial charge in [0.15, 0.2) is 16.9 Å². The van der Waals surface area contributed by atoms with E-state index in [2.05, 4.69) is 0 Å². The highest BCUT2D eigenvalue weighted by molar-refractivity contribution is 5.99. The number of hydrogen-bond acceptors (Lipinski definition) is 6. The van der Waals surface area contributed by atoms with Crippen molar-refractivity contribution in [2.24, 2.45) is 0 Å². The summed E-state index contributed by atoms with van der Waals surface area (Å²) >= 11 is 0. The van der Waals surface area contributed by atoms with Gasteiger partial charge in [0.1, 0.15) is 18.0 Å². The van der Waals surface area contributed by atoms with E-state index in [1.807, 2.05) is 43.3 Å². The molecule has 1 amide bonds. The fraction of sp³-hybridized carbons (Fsp3) is 0.267. The van der Waals surface area contributed by atoms with Gasteiger partial charge in [-0.15, -0.1) is 0 Å². The van der Waals surface area contributed by atoms with Gasteiger partial charge in [0, 0.05) is 20.3 Å². The number of amides is 1. The van der Waals surface area contributed by atoms with Gasteiger partial charge in [0.05, 0.1) is 23.6 Å². The first kappa shape index (κ1) is 25.5. The van der Waals surface area contributed by atoms with Crippen LogP contribution in [0.4, 0.5) is 4.39 Å². The highest BCUT2D eigenvalue weighted by Crippen LogP contribution is 2.41. The van der Waals surface area contributed by atoms with Crippen molar-refractivity contribution in [3.8, 4) is 11.5 Å². The van der Waals surface area contributed by atoms with E-state index in [0.29, 0.717) is 49.8 Å². The second-order valence-electron chi connectivity index (χ2n) is 8.98. The van der Waals surface area contributed by atoms with Crippen molar-refractivity contribution in [1.29, 1.82) is 0 Å². The minimum absolute atomic E-state index is 0.0288. The molecule has 2 heterocycles. The van der Waals surface area contributed by atoms with Crippen LogP contribution in [0.15, 0.2) is 75.9 Å². The lowest BCUT2D eigenvalue weighted by Gasteiger charge is -2.26. The molecule has 1 aromatic heterocycles. The van der Waals surface area contributed by atoms with Crippen LogP contribution >= 0.6 is 0 Å². The minimum Gasteiger partial charge on any atom is -0.490 e. The van der Waals surface area contributed by atoms with Crippen molar-refractivity contribution < 1.29 is 27.8 Å². The summed E-state index contributed by atoms with van der Waals surface area (Å²) in [5, 5.41) is 0.0909. The van der Waals surface area contributed by atoms with Gasteiger partial charge >= 0.3 is 0 Å². The van der Waals surface area contributed by atoms with Gasteiger partial charge in [-0.1, -0.05) is 36.4 Å². The fourth-order valence-corrected chi connectivity index (χ4v) is 4.77. The standard InChI is InChI=1S/C30H28FNO6/c1-3-36-25-16-20(10-12-24(25)37-18-19-8-5-4-6-9-19)27-26-28(33)22-17-21(31)11-13-23(22)38-29(26)30(34)32(27)14-7-15-35-2/h4-6,8-13,16-17,27H,3,7,14-15,18H2,1-2H3. The molecule has 0 bridgehead atoms. The molecular weight excluding hydrogens is 489 g/mol. The molecule has 0 aliphatic carbocycles. The number of methoxy groups -OCH3 is 1. The van der Waals surface area contributed by atoms with Crippen molar-refractivity contribution in [2.75, 3.05) is 26.9 Å². The van der Waals surface area contributed by atoms with Crippen LogP contribution in [0.3, 0.4) is 0 Å². The molecule has 1 aliphatic heterocycles. The number of hydrogen-bond donors (Lipinski definition) is 0. The van der Waals surface area contributed by atoms with Crippen molar-refractivity contribution in [1.82, 2.24) is 4.90 Å². The zero-order valence-electron chi connectivity index (χ0n) is 21.2. The molecule has 8 heteroatoms. The number of nitrogens with zero attached hydrogens (tertiary/aromatic N) is 1. The number of rotatable bonds is 10. The van der Waals surface area contributed by atoms with Gasteiger partial charge in [-0.05, 0) is 54.8 Å². The van der Waals surface area contributed by atoms with E-state index in [0.717, 1.165) is 11.6 Å². The van der Waals surface area contributed by atoms with Gasteiger partial charge in [-0.2, -0.15) is 0 Å². The third kappa shape index (κ3) is 4.87. The summed E-state index contributed by atoms with van der Waals surface area (Å²) < 4.78 is 37.0. The molecule has 0 saturated heterocycles. The molecule has 0 saturated carbocycles. The maximum absolute atomic E-state index is 14.0. The average molecular weight is 518 g/mol. The molecule has 0 spiro atoms. The zero-order valence-corrected chi connectivity index (χ0v) is 21.2. The zero-order chi connectivity index (χ0) is 26.6. The molecule has 0 fully saturated rings. The van der Waals surface area contributed by atoms with E-state index >= 15 is 0 Å². The largest absolute Gasteiger partial charge is 0.490 e. The van der Waals surface area contributed by atoms with Crippen molar-refractivity contribution in [3.63, 3.8) is 0 Å². The van der Waals surface area contributed by atoms with Crippen LogP contribution < -0.4 is 14.9 Å². The quantitative estimate of drug-likeness (QED) is 0.259. The highest BCUT2D eigenvalue weighted by Gasteiger charge is 2.42. The van der Waals surface area contributed by atoms with Crippen LogP contribution in [0.25, 0.3) is 11.0 Å². The third-order valence-electron chi connectivity index (χ3n) is 6.50. The Kier molecular flexibility index (Phi) is 7.42. The molecular formula is C30H28FNO6. The first-order chi connectivity index (χ1) is 18.5. The lowest BCUT2D eigenvalue weighted by Crippen LogP contribution is -2.31. The lowest BCUT2D eigenvalue weighted by atomic mass is 9.98. The van der Waals surface area contributed by atoms with Crippen molar-refractivity contribution in [3.05, 3.63) is 105 Å². The Labute approximate surface area is 219 Å².